The molecule has 0 amide bonds. The molecule has 0 bridgehead atoms. The van der Waals surface area contributed by atoms with Crippen LogP contribution in [0.3, 0.4) is 0 Å². The summed E-state index contributed by atoms with van der Waals surface area (Å²) in [4.78, 5) is 17.4. The van der Waals surface area contributed by atoms with Gasteiger partial charge in [0.05, 0.1) is 0 Å². The van der Waals surface area contributed by atoms with Crippen LogP contribution in [-0.2, 0) is 9.47 Å². The number of ether oxygens (including phenoxy) is 5. The molecule has 1 fully saturated rings. The van der Waals surface area contributed by atoms with Crippen molar-refractivity contribution in [1.82, 2.24) is 4.90 Å². The quantitative estimate of drug-likeness (QED) is 0.0846. The smallest absolute Gasteiger partial charge is 0.195 e. The molecule has 1 aromatic heterocycles. The van der Waals surface area contributed by atoms with Gasteiger partial charge in [-0.15, -0.1) is 11.3 Å². The lowest BCUT2D eigenvalue weighted by Gasteiger charge is -2.32. The second-order valence-corrected chi connectivity index (χ2v) is 11.2. The summed E-state index contributed by atoms with van der Waals surface area (Å²) in [7, 11) is 0. The zero-order valence-electron chi connectivity index (χ0n) is 24.6. The van der Waals surface area contributed by atoms with E-state index in [1.807, 2.05) is 80.6 Å². The van der Waals surface area contributed by atoms with Gasteiger partial charge in [-0.05, 0) is 106 Å². The number of likely N-dealkylation sites (tertiary alicyclic amines) is 1. The Morgan fingerprint density at radius 1 is 0.810 bits per heavy atom. The third-order valence-corrected chi connectivity index (χ3v) is 8.56. The van der Waals surface area contributed by atoms with E-state index in [9.17, 15) is 4.79 Å². The number of carbonyl (C=O) groups excluding carboxylic acids is 1. The summed E-state index contributed by atoms with van der Waals surface area (Å²) in [5.74, 6) is 2.14. The lowest BCUT2D eigenvalue weighted by molar-refractivity contribution is 0.0222. The fourth-order valence-electron chi connectivity index (χ4n) is 5.07. The van der Waals surface area contributed by atoms with E-state index in [4.69, 9.17) is 23.7 Å². The minimum Gasteiger partial charge on any atom is -0.475 e. The van der Waals surface area contributed by atoms with E-state index < -0.39 is 0 Å². The standard InChI is InChI=1S/C34H39NO6S/c1-4-37-22-39-27-13-11-26(12-14-27)34-32(30-18-17-29(21-31(30)42-34)40-23-38-5-2)33(36)25-9-15-28(16-10-25)41-24(3)35-19-7-6-8-20-35/h9-18,21,24H,4-8,19-20,22-23H2,1-3H3. The van der Waals surface area contributed by atoms with Crippen LogP contribution in [0.5, 0.6) is 17.2 Å². The molecule has 0 saturated carbocycles. The van der Waals surface area contributed by atoms with Crippen molar-refractivity contribution in [3.8, 4) is 27.7 Å². The van der Waals surface area contributed by atoms with Crippen LogP contribution < -0.4 is 14.2 Å². The number of thiophene rings is 1. The maximum atomic E-state index is 14.1. The van der Waals surface area contributed by atoms with Crippen molar-refractivity contribution in [2.45, 2.75) is 46.3 Å². The molecule has 7 nitrogen and oxygen atoms in total. The number of hydrogen-bond acceptors (Lipinski definition) is 8. The molecule has 0 N–H and O–H groups in total. The first-order valence-electron chi connectivity index (χ1n) is 14.7. The van der Waals surface area contributed by atoms with Crippen molar-refractivity contribution in [3.63, 3.8) is 0 Å². The third-order valence-electron chi connectivity index (χ3n) is 7.36. The zero-order valence-corrected chi connectivity index (χ0v) is 25.4. The van der Waals surface area contributed by atoms with E-state index in [1.165, 1.54) is 19.3 Å². The third kappa shape index (κ3) is 7.31. The average molecular weight is 590 g/mol. The normalized spacial score (nSPS) is 14.5. The SMILES string of the molecule is CCOCOc1ccc(-c2sc3cc(OCOCC)ccc3c2C(=O)c2ccc(OC(C)N3CCCCC3)cc2)cc1. The summed E-state index contributed by atoms with van der Waals surface area (Å²) < 4.78 is 29.2. The second kappa shape index (κ2) is 14.6. The highest BCUT2D eigenvalue weighted by Gasteiger charge is 2.23. The largest absolute Gasteiger partial charge is 0.475 e. The lowest BCUT2D eigenvalue weighted by atomic mass is 9.97. The van der Waals surface area contributed by atoms with E-state index in [1.54, 1.807) is 11.3 Å². The topological polar surface area (TPSA) is 66.5 Å². The van der Waals surface area contributed by atoms with Gasteiger partial charge in [0.1, 0.15) is 23.5 Å². The van der Waals surface area contributed by atoms with Gasteiger partial charge in [0.25, 0.3) is 0 Å². The van der Waals surface area contributed by atoms with E-state index in [0.717, 1.165) is 39.4 Å². The van der Waals surface area contributed by atoms with Crippen molar-refractivity contribution >= 4 is 27.2 Å². The molecule has 0 aliphatic carbocycles. The highest BCUT2D eigenvalue weighted by Crippen LogP contribution is 2.42. The molecule has 0 spiro atoms. The van der Waals surface area contributed by atoms with E-state index in [0.29, 0.717) is 35.8 Å². The molecular weight excluding hydrogens is 550 g/mol. The monoisotopic (exact) mass is 589 g/mol. The van der Waals surface area contributed by atoms with Crippen molar-refractivity contribution in [3.05, 3.63) is 77.9 Å². The number of piperidine rings is 1. The van der Waals surface area contributed by atoms with Crippen LogP contribution in [-0.4, -0.2) is 56.8 Å². The fraction of sp³-hybridized carbons (Fsp3) is 0.382. The molecule has 2 heterocycles. The first-order chi connectivity index (χ1) is 20.6. The predicted molar refractivity (Wildman–Crippen MR) is 167 cm³/mol. The molecule has 1 saturated heterocycles. The van der Waals surface area contributed by atoms with Crippen LogP contribution in [0.2, 0.25) is 0 Å². The Morgan fingerprint density at radius 3 is 2.10 bits per heavy atom. The van der Waals surface area contributed by atoms with Crippen LogP contribution in [0, 0.1) is 0 Å². The van der Waals surface area contributed by atoms with Crippen molar-refractivity contribution in [2.24, 2.45) is 0 Å². The van der Waals surface area contributed by atoms with Gasteiger partial charge in [-0.25, -0.2) is 0 Å². The van der Waals surface area contributed by atoms with Crippen LogP contribution >= 0.6 is 11.3 Å². The molecule has 0 radical (unpaired) electrons. The first kappa shape index (κ1) is 30.0. The predicted octanol–water partition coefficient (Wildman–Crippen LogP) is 7.76. The number of fused-ring (bicyclic) bond motifs is 1. The minimum absolute atomic E-state index is 0.00102. The van der Waals surface area contributed by atoms with Gasteiger partial charge in [-0.1, -0.05) is 6.42 Å². The lowest BCUT2D eigenvalue weighted by Crippen LogP contribution is -2.40. The summed E-state index contributed by atoms with van der Waals surface area (Å²) in [5.41, 5.74) is 2.22. The summed E-state index contributed by atoms with van der Waals surface area (Å²) in [6.45, 7) is 9.61. The first-order valence-corrected chi connectivity index (χ1v) is 15.5. The van der Waals surface area contributed by atoms with Crippen LogP contribution in [0.25, 0.3) is 20.5 Å². The van der Waals surface area contributed by atoms with Gasteiger partial charge in [-0.2, -0.15) is 0 Å². The van der Waals surface area contributed by atoms with Crippen molar-refractivity contribution in [1.29, 1.82) is 0 Å². The number of rotatable bonds is 14. The maximum absolute atomic E-state index is 14.1. The van der Waals surface area contributed by atoms with Crippen molar-refractivity contribution < 1.29 is 28.5 Å². The average Bonchev–Trinajstić information content (AvgIpc) is 3.41. The molecule has 8 heteroatoms. The van der Waals surface area contributed by atoms with Gasteiger partial charge in [0.15, 0.2) is 19.4 Å². The Hall–Kier alpha value is -3.43. The number of benzene rings is 3. The van der Waals surface area contributed by atoms with Crippen LogP contribution in [0.4, 0.5) is 0 Å². The van der Waals surface area contributed by atoms with Gasteiger partial charge in [0, 0.05) is 52.4 Å². The summed E-state index contributed by atoms with van der Waals surface area (Å²) >= 11 is 1.57. The summed E-state index contributed by atoms with van der Waals surface area (Å²) in [6, 6.07) is 21.1. The van der Waals surface area contributed by atoms with Gasteiger partial charge >= 0.3 is 0 Å². The minimum atomic E-state index is -0.0356. The molecule has 4 aromatic rings. The number of nitrogens with zero attached hydrogens (tertiary/aromatic N) is 1. The van der Waals surface area contributed by atoms with Gasteiger partial charge in [-0.3, -0.25) is 9.69 Å². The van der Waals surface area contributed by atoms with Crippen molar-refractivity contribution in [2.75, 3.05) is 39.9 Å². The highest BCUT2D eigenvalue weighted by molar-refractivity contribution is 7.22. The molecule has 1 atom stereocenters. The fourth-order valence-corrected chi connectivity index (χ4v) is 6.30. The van der Waals surface area contributed by atoms with E-state index >= 15 is 0 Å². The Labute approximate surface area is 251 Å². The molecule has 5 rings (SSSR count). The van der Waals surface area contributed by atoms with Gasteiger partial charge < -0.3 is 23.7 Å². The molecule has 222 valence electrons. The zero-order chi connectivity index (χ0) is 29.3. The molecule has 1 unspecified atom stereocenters. The Morgan fingerprint density at radius 2 is 1.43 bits per heavy atom. The molecule has 42 heavy (non-hydrogen) atoms. The van der Waals surface area contributed by atoms with Crippen LogP contribution in [0.15, 0.2) is 66.7 Å². The van der Waals surface area contributed by atoms with Crippen LogP contribution in [0.1, 0.15) is 56.0 Å². The highest BCUT2D eigenvalue weighted by atomic mass is 32.1. The molecular formula is C34H39NO6S. The summed E-state index contributed by atoms with van der Waals surface area (Å²) in [5, 5.41) is 0.888. The number of carbonyl (C=O) groups is 1. The van der Waals surface area contributed by atoms with E-state index in [-0.39, 0.29) is 25.6 Å². The molecule has 1 aliphatic rings. The number of ketones is 1. The number of hydrogen-bond donors (Lipinski definition) is 0. The second-order valence-electron chi connectivity index (χ2n) is 10.2. The maximum Gasteiger partial charge on any atom is 0.195 e. The Balaban J connectivity index is 1.42. The van der Waals surface area contributed by atoms with Gasteiger partial charge in [0.2, 0.25) is 0 Å². The molecule has 3 aromatic carbocycles. The van der Waals surface area contributed by atoms with E-state index in [2.05, 4.69) is 11.8 Å². The Bertz CT molecular complexity index is 1440. The summed E-state index contributed by atoms with van der Waals surface area (Å²) in [6.07, 6.45) is 3.70. The Kier molecular flexibility index (Phi) is 10.5. The molecule has 1 aliphatic heterocycles.